The first kappa shape index (κ1) is 23.8. The van der Waals surface area contributed by atoms with Gasteiger partial charge in [0, 0.05) is 42.7 Å². The molecule has 0 bridgehead atoms. The molecule has 10 heteroatoms. The average molecular weight is 497 g/mol. The summed E-state index contributed by atoms with van der Waals surface area (Å²) in [6.07, 6.45) is 1.98. The number of H-pyrrole nitrogens is 2. The molecule has 0 saturated heterocycles. The van der Waals surface area contributed by atoms with Crippen LogP contribution >= 0.6 is 0 Å². The minimum absolute atomic E-state index is 0.176. The first-order valence-electron chi connectivity index (χ1n) is 11.5. The molecule has 6 aromatic rings. The van der Waals surface area contributed by atoms with Gasteiger partial charge in [0.25, 0.3) is 17.5 Å². The highest BCUT2D eigenvalue weighted by Crippen LogP contribution is 2.30. The van der Waals surface area contributed by atoms with Crippen molar-refractivity contribution in [2.24, 2.45) is 5.73 Å². The third-order valence-electron chi connectivity index (χ3n) is 5.91. The van der Waals surface area contributed by atoms with E-state index >= 15 is 0 Å². The number of carboxylic acids is 1. The number of aromatic amines is 2. The molecule has 0 atom stereocenters. The Morgan fingerprint density at radius 1 is 0.973 bits per heavy atom. The smallest absolute Gasteiger partial charge is 0.300 e. The van der Waals surface area contributed by atoms with Crippen molar-refractivity contribution in [1.29, 1.82) is 0 Å². The van der Waals surface area contributed by atoms with Crippen LogP contribution in [0.4, 0.5) is 0 Å². The Morgan fingerprint density at radius 2 is 1.65 bits per heavy atom. The maximum absolute atomic E-state index is 13.1. The van der Waals surface area contributed by atoms with Gasteiger partial charge in [-0.05, 0) is 29.3 Å². The van der Waals surface area contributed by atoms with E-state index in [4.69, 9.17) is 20.6 Å². The number of aromatic nitrogens is 5. The van der Waals surface area contributed by atoms with E-state index in [0.717, 1.165) is 34.5 Å². The van der Waals surface area contributed by atoms with Crippen molar-refractivity contribution < 1.29 is 15.0 Å². The van der Waals surface area contributed by atoms with Crippen molar-refractivity contribution in [3.8, 4) is 17.3 Å². The minimum atomic E-state index is -0.833. The summed E-state index contributed by atoms with van der Waals surface area (Å²) in [5.74, 6) is -0.833. The second kappa shape index (κ2) is 9.59. The van der Waals surface area contributed by atoms with Gasteiger partial charge in [0.1, 0.15) is 5.69 Å². The van der Waals surface area contributed by atoms with Gasteiger partial charge in [-0.2, -0.15) is 4.98 Å². The van der Waals surface area contributed by atoms with Gasteiger partial charge in [-0.25, -0.2) is 4.98 Å². The quantitative estimate of drug-likeness (QED) is 0.248. The molecule has 3 aromatic carbocycles. The molecule has 3 heterocycles. The Hall–Kier alpha value is -4.96. The lowest BCUT2D eigenvalue weighted by atomic mass is 10.1. The Bertz CT molecular complexity index is 1830. The lowest BCUT2D eigenvalue weighted by molar-refractivity contribution is -0.134. The van der Waals surface area contributed by atoms with E-state index in [1.165, 1.54) is 0 Å². The highest BCUT2D eigenvalue weighted by molar-refractivity contribution is 5.97. The van der Waals surface area contributed by atoms with Crippen molar-refractivity contribution >= 4 is 38.9 Å². The Balaban J connectivity index is 0.000000655. The van der Waals surface area contributed by atoms with Gasteiger partial charge in [-0.15, -0.1) is 0 Å². The fraction of sp³-hybridized carbons (Fsp3) is 0.111. The van der Waals surface area contributed by atoms with Crippen LogP contribution < -0.4 is 11.3 Å². The van der Waals surface area contributed by atoms with Crippen LogP contribution in [0.1, 0.15) is 18.1 Å². The van der Waals surface area contributed by atoms with E-state index in [9.17, 15) is 9.90 Å². The first-order chi connectivity index (χ1) is 17.8. The summed E-state index contributed by atoms with van der Waals surface area (Å²) in [5.41, 5.74) is 12.2. The molecule has 0 saturated carbocycles. The van der Waals surface area contributed by atoms with Crippen LogP contribution in [-0.4, -0.2) is 40.7 Å². The maximum atomic E-state index is 13.1. The number of nitrogens with two attached hydrogens (primary N) is 1. The molecule has 0 radical (unpaired) electrons. The van der Waals surface area contributed by atoms with Crippen LogP contribution in [0, 0.1) is 0 Å². The van der Waals surface area contributed by atoms with E-state index in [-0.39, 0.29) is 11.6 Å². The van der Waals surface area contributed by atoms with E-state index in [1.807, 2.05) is 42.6 Å². The van der Waals surface area contributed by atoms with Crippen LogP contribution in [0.3, 0.4) is 0 Å². The molecule has 186 valence electrons. The van der Waals surface area contributed by atoms with Crippen molar-refractivity contribution in [2.75, 3.05) is 0 Å². The molecule has 3 aromatic heterocycles. The van der Waals surface area contributed by atoms with E-state index in [2.05, 4.69) is 31.7 Å². The second-order valence-electron chi connectivity index (χ2n) is 8.59. The van der Waals surface area contributed by atoms with Gasteiger partial charge in [0.05, 0.1) is 22.1 Å². The number of aromatic hydroxyl groups is 1. The van der Waals surface area contributed by atoms with Crippen LogP contribution in [0.2, 0.25) is 0 Å². The number of rotatable bonds is 4. The zero-order chi connectivity index (χ0) is 26.1. The van der Waals surface area contributed by atoms with Gasteiger partial charge in [0.15, 0.2) is 0 Å². The molecule has 0 aliphatic heterocycles. The number of fused-ring (bicyclic) bond motifs is 3. The number of aliphatic carboxylic acids is 1. The van der Waals surface area contributed by atoms with Crippen LogP contribution in [0.15, 0.2) is 71.7 Å². The molecule has 0 aliphatic carbocycles. The molecule has 0 spiro atoms. The Morgan fingerprint density at radius 3 is 2.41 bits per heavy atom. The van der Waals surface area contributed by atoms with E-state index in [0.29, 0.717) is 40.9 Å². The van der Waals surface area contributed by atoms with Gasteiger partial charge in [-0.1, -0.05) is 42.5 Å². The summed E-state index contributed by atoms with van der Waals surface area (Å²) < 4.78 is 2.13. The standard InChI is InChI=1S/C25H20N6O2.C2H4O2/c26-11-14-4-3-5-15(8-14)12-31-13-17(16-6-1-2-7-22(16)31)23-24(32)28-19-10-21-20(9-18(19)27-23)29-25(33)30-21;1-2(3)4/h1-10,13H,11-12,26H2,(H,28,32)(H2,29,30,33);1H3,(H,3,4). The van der Waals surface area contributed by atoms with Gasteiger partial charge in [-0.3, -0.25) is 9.59 Å². The molecule has 6 N–H and O–H groups in total. The maximum Gasteiger partial charge on any atom is 0.300 e. The summed E-state index contributed by atoms with van der Waals surface area (Å²) in [6, 6.07) is 19.5. The summed E-state index contributed by atoms with van der Waals surface area (Å²) in [7, 11) is 0. The number of imidazole rings is 1. The predicted molar refractivity (Wildman–Crippen MR) is 141 cm³/mol. The van der Waals surface area contributed by atoms with Crippen molar-refractivity contribution in [3.63, 3.8) is 0 Å². The summed E-state index contributed by atoms with van der Waals surface area (Å²) in [4.78, 5) is 36.5. The zero-order valence-corrected chi connectivity index (χ0v) is 19.9. The largest absolute Gasteiger partial charge is 0.481 e. The monoisotopic (exact) mass is 496 g/mol. The van der Waals surface area contributed by atoms with Crippen molar-refractivity contribution in [2.45, 2.75) is 20.0 Å². The number of hydrogen-bond donors (Lipinski definition) is 5. The fourth-order valence-corrected chi connectivity index (χ4v) is 4.38. The normalized spacial score (nSPS) is 11.1. The number of benzene rings is 3. The number of nitrogens with zero attached hydrogens (tertiary/aromatic N) is 3. The van der Waals surface area contributed by atoms with Crippen molar-refractivity contribution in [3.05, 3.63) is 88.3 Å². The first-order valence-corrected chi connectivity index (χ1v) is 11.5. The molecule has 37 heavy (non-hydrogen) atoms. The Kier molecular flexibility index (Phi) is 6.16. The number of carboxylic acid groups (broad SMARTS) is 1. The summed E-state index contributed by atoms with van der Waals surface area (Å²) >= 11 is 0. The number of para-hydroxylation sites is 1. The molecule has 0 aliphatic rings. The molecule has 0 amide bonds. The predicted octanol–water partition coefficient (Wildman–Crippen LogP) is 3.72. The molecular formula is C27H24N6O4. The highest BCUT2D eigenvalue weighted by atomic mass is 16.4. The summed E-state index contributed by atoms with van der Waals surface area (Å²) in [6.45, 7) is 2.22. The van der Waals surface area contributed by atoms with Crippen LogP contribution in [0.25, 0.3) is 44.2 Å². The lowest BCUT2D eigenvalue weighted by Crippen LogP contribution is -2.11. The van der Waals surface area contributed by atoms with E-state index < -0.39 is 5.97 Å². The average Bonchev–Trinajstić information content (AvgIpc) is 3.41. The van der Waals surface area contributed by atoms with Crippen molar-refractivity contribution in [1.82, 2.24) is 24.5 Å². The highest BCUT2D eigenvalue weighted by Gasteiger charge is 2.16. The topological polar surface area (TPSA) is 163 Å². The molecule has 6 rings (SSSR count). The van der Waals surface area contributed by atoms with Crippen LogP contribution in [-0.2, 0) is 17.9 Å². The van der Waals surface area contributed by atoms with Crippen LogP contribution in [0.5, 0.6) is 6.01 Å². The second-order valence-corrected chi connectivity index (χ2v) is 8.59. The van der Waals surface area contributed by atoms with E-state index in [1.54, 1.807) is 12.1 Å². The number of nitrogens with one attached hydrogen (secondary N) is 2. The molecule has 0 unspecified atom stereocenters. The number of carbonyl (C=O) groups is 1. The fourth-order valence-electron chi connectivity index (χ4n) is 4.38. The third kappa shape index (κ3) is 4.78. The Labute approximate surface area is 210 Å². The third-order valence-corrected chi connectivity index (χ3v) is 5.91. The molecule has 10 nitrogen and oxygen atoms in total. The lowest BCUT2D eigenvalue weighted by Gasteiger charge is -2.07. The molecule has 0 fully saturated rings. The zero-order valence-electron chi connectivity index (χ0n) is 19.9. The van der Waals surface area contributed by atoms with Gasteiger partial charge < -0.3 is 30.5 Å². The van der Waals surface area contributed by atoms with Gasteiger partial charge >= 0.3 is 0 Å². The van der Waals surface area contributed by atoms with Gasteiger partial charge in [0.2, 0.25) is 0 Å². The number of hydrogen-bond acceptors (Lipinski definition) is 6. The molecular weight excluding hydrogens is 472 g/mol. The minimum Gasteiger partial charge on any atom is -0.481 e. The SMILES string of the molecule is CC(=O)O.NCc1cccc(Cn2cc(-c3nc4cc5[nH]c(O)nc5cc4[nH]c3=O)c3ccccc32)c1. The summed E-state index contributed by atoms with van der Waals surface area (Å²) in [5, 5.41) is 18.0.